The molecule has 0 aliphatic rings. The number of aromatic carboxylic acids is 1. The summed E-state index contributed by atoms with van der Waals surface area (Å²) in [6.07, 6.45) is 2.18. The second-order valence-corrected chi connectivity index (χ2v) is 5.27. The lowest BCUT2D eigenvalue weighted by Crippen LogP contribution is -2.28. The molecule has 0 bridgehead atoms. The number of rotatable bonds is 3. The number of pyridine rings is 1. The van der Waals surface area contributed by atoms with E-state index < -0.39 is 22.9 Å². The van der Waals surface area contributed by atoms with E-state index in [4.69, 9.17) is 11.6 Å². The van der Waals surface area contributed by atoms with Gasteiger partial charge in [0.2, 0.25) is 0 Å². The van der Waals surface area contributed by atoms with Crippen LogP contribution in [0, 0.1) is 5.82 Å². The van der Waals surface area contributed by atoms with Crippen LogP contribution in [0.4, 0.5) is 4.39 Å². The normalized spacial score (nSPS) is 10.6. The van der Waals surface area contributed by atoms with Crippen molar-refractivity contribution in [3.05, 3.63) is 75.5 Å². The number of carboxylic acid groups (broad SMARTS) is 1. The van der Waals surface area contributed by atoms with Crippen molar-refractivity contribution in [3.8, 4) is 16.9 Å². The summed E-state index contributed by atoms with van der Waals surface area (Å²) in [6.45, 7) is 0. The van der Waals surface area contributed by atoms with Gasteiger partial charge >= 0.3 is 5.97 Å². The first-order valence-electron chi connectivity index (χ1n) is 6.70. The van der Waals surface area contributed by atoms with Crippen molar-refractivity contribution in [1.29, 1.82) is 0 Å². The molecule has 24 heavy (non-hydrogen) atoms. The Balaban J connectivity index is 2.27. The summed E-state index contributed by atoms with van der Waals surface area (Å²) in [5, 5.41) is 13.9. The van der Waals surface area contributed by atoms with Crippen molar-refractivity contribution in [2.45, 2.75) is 0 Å². The standard InChI is InChI=1S/C16H9ClFN3O3/c17-10-3-1-9(2-4-10)14-6-13(16(23)24)15(22)21(20-14)12-5-11(18)7-19-8-12/h1-8H,(H,23,24). The minimum absolute atomic E-state index is 0.0262. The summed E-state index contributed by atoms with van der Waals surface area (Å²) in [5.41, 5.74) is -0.557. The molecule has 0 unspecified atom stereocenters. The second kappa shape index (κ2) is 6.21. The van der Waals surface area contributed by atoms with Gasteiger partial charge in [-0.3, -0.25) is 9.78 Å². The smallest absolute Gasteiger partial charge is 0.341 e. The van der Waals surface area contributed by atoms with Crippen molar-refractivity contribution < 1.29 is 14.3 Å². The van der Waals surface area contributed by atoms with Crippen molar-refractivity contribution in [3.63, 3.8) is 0 Å². The lowest BCUT2D eigenvalue weighted by molar-refractivity contribution is 0.0694. The molecule has 120 valence electrons. The van der Waals surface area contributed by atoms with Crippen LogP contribution in [0.1, 0.15) is 10.4 Å². The summed E-state index contributed by atoms with van der Waals surface area (Å²) in [5.74, 6) is -2.08. The molecule has 0 saturated carbocycles. The number of hydrogen-bond acceptors (Lipinski definition) is 4. The molecule has 0 radical (unpaired) electrons. The van der Waals surface area contributed by atoms with E-state index in [-0.39, 0.29) is 11.4 Å². The van der Waals surface area contributed by atoms with Crippen molar-refractivity contribution >= 4 is 17.6 Å². The topological polar surface area (TPSA) is 85.1 Å². The number of hydrogen-bond donors (Lipinski definition) is 1. The Kier molecular flexibility index (Phi) is 4.09. The predicted octanol–water partition coefficient (Wildman–Crippen LogP) is 2.79. The first kappa shape index (κ1) is 15.8. The Morgan fingerprint density at radius 1 is 1.17 bits per heavy atom. The number of carbonyl (C=O) groups is 1. The predicted molar refractivity (Wildman–Crippen MR) is 85.0 cm³/mol. The molecule has 2 heterocycles. The average molecular weight is 346 g/mol. The van der Waals surface area contributed by atoms with E-state index in [0.717, 1.165) is 23.0 Å². The fraction of sp³-hybridized carbons (Fsp3) is 0. The minimum Gasteiger partial charge on any atom is -0.477 e. The van der Waals surface area contributed by atoms with Crippen LogP contribution in [0.15, 0.2) is 53.6 Å². The Morgan fingerprint density at radius 3 is 2.50 bits per heavy atom. The van der Waals surface area contributed by atoms with Crippen LogP contribution in [0.3, 0.4) is 0 Å². The number of aromatic nitrogens is 3. The van der Waals surface area contributed by atoms with E-state index in [1.165, 1.54) is 6.20 Å². The third kappa shape index (κ3) is 3.02. The molecule has 0 aliphatic carbocycles. The summed E-state index contributed by atoms with van der Waals surface area (Å²) < 4.78 is 14.2. The number of halogens is 2. The summed E-state index contributed by atoms with van der Waals surface area (Å²) in [7, 11) is 0. The van der Waals surface area contributed by atoms with Crippen molar-refractivity contribution in [2.75, 3.05) is 0 Å². The average Bonchev–Trinajstić information content (AvgIpc) is 2.55. The summed E-state index contributed by atoms with van der Waals surface area (Å²) >= 11 is 5.83. The second-order valence-electron chi connectivity index (χ2n) is 4.83. The fourth-order valence-electron chi connectivity index (χ4n) is 2.10. The Labute approximate surface area is 139 Å². The molecule has 0 saturated heterocycles. The van der Waals surface area contributed by atoms with Gasteiger partial charge in [0.05, 0.1) is 23.8 Å². The van der Waals surface area contributed by atoms with E-state index >= 15 is 0 Å². The van der Waals surface area contributed by atoms with Gasteiger partial charge in [0.25, 0.3) is 5.56 Å². The molecule has 3 aromatic rings. The maximum absolute atomic E-state index is 13.4. The third-order valence-corrected chi connectivity index (χ3v) is 3.47. The van der Waals surface area contributed by atoms with Gasteiger partial charge in [0.15, 0.2) is 0 Å². The van der Waals surface area contributed by atoms with Crippen LogP contribution in [-0.2, 0) is 0 Å². The molecular formula is C16H9ClFN3O3. The first-order valence-corrected chi connectivity index (χ1v) is 7.08. The van der Waals surface area contributed by atoms with Gasteiger partial charge in [-0.2, -0.15) is 9.78 Å². The Bertz CT molecular complexity index is 987. The van der Waals surface area contributed by atoms with Crippen LogP contribution in [0.5, 0.6) is 0 Å². The van der Waals surface area contributed by atoms with Gasteiger partial charge in [-0.05, 0) is 18.2 Å². The highest BCUT2D eigenvalue weighted by Crippen LogP contribution is 2.20. The molecule has 0 aliphatic heterocycles. The van der Waals surface area contributed by atoms with Gasteiger partial charge in [0, 0.05) is 16.7 Å². The van der Waals surface area contributed by atoms with E-state index in [2.05, 4.69) is 10.1 Å². The number of carboxylic acids is 1. The lowest BCUT2D eigenvalue weighted by Gasteiger charge is -2.09. The molecule has 1 N–H and O–H groups in total. The molecule has 8 heteroatoms. The van der Waals surface area contributed by atoms with Gasteiger partial charge in [-0.1, -0.05) is 23.7 Å². The third-order valence-electron chi connectivity index (χ3n) is 3.22. The molecule has 6 nitrogen and oxygen atoms in total. The van der Waals surface area contributed by atoms with E-state index in [1.54, 1.807) is 24.3 Å². The molecule has 0 amide bonds. The highest BCUT2D eigenvalue weighted by Gasteiger charge is 2.17. The van der Waals surface area contributed by atoms with Crippen LogP contribution in [0.25, 0.3) is 16.9 Å². The van der Waals surface area contributed by atoms with Crippen molar-refractivity contribution in [2.24, 2.45) is 0 Å². The first-order chi connectivity index (χ1) is 11.5. The summed E-state index contributed by atoms with van der Waals surface area (Å²) in [4.78, 5) is 27.3. The highest BCUT2D eigenvalue weighted by atomic mass is 35.5. The van der Waals surface area contributed by atoms with E-state index in [1.807, 2.05) is 0 Å². The van der Waals surface area contributed by atoms with Crippen LogP contribution >= 0.6 is 11.6 Å². The van der Waals surface area contributed by atoms with Gasteiger partial charge in [-0.25, -0.2) is 9.18 Å². The van der Waals surface area contributed by atoms with Crippen molar-refractivity contribution in [1.82, 2.24) is 14.8 Å². The largest absolute Gasteiger partial charge is 0.477 e. The van der Waals surface area contributed by atoms with Crippen LogP contribution in [-0.4, -0.2) is 25.8 Å². The molecule has 2 aromatic heterocycles. The minimum atomic E-state index is -1.41. The van der Waals surface area contributed by atoms with Gasteiger partial charge in [0.1, 0.15) is 11.4 Å². The zero-order valence-corrected chi connectivity index (χ0v) is 12.7. The van der Waals surface area contributed by atoms with Gasteiger partial charge < -0.3 is 5.11 Å². The number of benzene rings is 1. The molecule has 0 fully saturated rings. The lowest BCUT2D eigenvalue weighted by atomic mass is 10.1. The van der Waals surface area contributed by atoms with Crippen LogP contribution < -0.4 is 5.56 Å². The Morgan fingerprint density at radius 2 is 1.88 bits per heavy atom. The van der Waals surface area contributed by atoms with E-state index in [9.17, 15) is 19.1 Å². The monoisotopic (exact) mass is 345 g/mol. The molecule has 0 atom stereocenters. The Hall–Kier alpha value is -3.06. The van der Waals surface area contributed by atoms with Gasteiger partial charge in [-0.15, -0.1) is 0 Å². The SMILES string of the molecule is O=C(O)c1cc(-c2ccc(Cl)cc2)nn(-c2cncc(F)c2)c1=O. The van der Waals surface area contributed by atoms with E-state index in [0.29, 0.717) is 10.6 Å². The number of nitrogens with zero attached hydrogens (tertiary/aromatic N) is 3. The van der Waals surface area contributed by atoms with Crippen LogP contribution in [0.2, 0.25) is 5.02 Å². The molecule has 0 spiro atoms. The molecule has 3 rings (SSSR count). The summed E-state index contributed by atoms with van der Waals surface area (Å²) in [6, 6.07) is 8.69. The molecular weight excluding hydrogens is 337 g/mol. The highest BCUT2D eigenvalue weighted by molar-refractivity contribution is 6.30. The maximum atomic E-state index is 13.4. The fourth-order valence-corrected chi connectivity index (χ4v) is 2.23. The zero-order valence-electron chi connectivity index (χ0n) is 12.0. The molecule has 1 aromatic carbocycles. The quantitative estimate of drug-likeness (QED) is 0.789. The zero-order chi connectivity index (χ0) is 17.3. The maximum Gasteiger partial charge on any atom is 0.341 e.